The fraction of sp³-hybridized carbons (Fsp3) is 0.545. The molecule has 0 aliphatic carbocycles. The van der Waals surface area contributed by atoms with Crippen LogP contribution in [0, 0.1) is 5.92 Å². The monoisotopic (exact) mass is 259 g/mol. The van der Waals surface area contributed by atoms with Crippen LogP contribution < -0.4 is 0 Å². The van der Waals surface area contributed by atoms with E-state index in [9.17, 15) is 9.90 Å². The summed E-state index contributed by atoms with van der Waals surface area (Å²) >= 11 is 7.29. The number of halogens is 1. The molecule has 0 aromatic carbocycles. The standard InChI is InChI=1S/C11H14ClNO2S/c1-7-2-4-13(9(7)6-14)11(15)10-8(12)3-5-16-10/h3,5,7,9,14H,2,4,6H2,1H3. The quantitative estimate of drug-likeness (QED) is 0.885. The van der Waals surface area contributed by atoms with Crippen molar-refractivity contribution in [3.05, 3.63) is 21.3 Å². The molecule has 3 nitrogen and oxygen atoms in total. The van der Waals surface area contributed by atoms with Gasteiger partial charge in [-0.1, -0.05) is 18.5 Å². The normalized spacial score (nSPS) is 25.1. The summed E-state index contributed by atoms with van der Waals surface area (Å²) in [6.45, 7) is 2.79. The number of carbonyl (C=O) groups excluding carboxylic acids is 1. The van der Waals surface area contributed by atoms with Gasteiger partial charge in [0.1, 0.15) is 4.88 Å². The van der Waals surface area contributed by atoms with Crippen LogP contribution >= 0.6 is 22.9 Å². The molecule has 1 aromatic heterocycles. The minimum atomic E-state index is -0.0642. The average molecular weight is 260 g/mol. The van der Waals surface area contributed by atoms with Crippen molar-refractivity contribution < 1.29 is 9.90 Å². The number of nitrogens with zero attached hydrogens (tertiary/aromatic N) is 1. The van der Waals surface area contributed by atoms with Crippen LogP contribution in [0.4, 0.5) is 0 Å². The van der Waals surface area contributed by atoms with Gasteiger partial charge in [-0.3, -0.25) is 4.79 Å². The zero-order chi connectivity index (χ0) is 11.7. The van der Waals surface area contributed by atoms with Crippen molar-refractivity contribution in [2.24, 2.45) is 5.92 Å². The Balaban J connectivity index is 2.20. The minimum absolute atomic E-state index is 0.0237. The van der Waals surface area contributed by atoms with Gasteiger partial charge in [-0.25, -0.2) is 0 Å². The zero-order valence-electron chi connectivity index (χ0n) is 9.02. The molecule has 5 heteroatoms. The van der Waals surface area contributed by atoms with Crippen molar-refractivity contribution >= 4 is 28.8 Å². The smallest absolute Gasteiger partial charge is 0.265 e. The Bertz CT molecular complexity index is 393. The topological polar surface area (TPSA) is 40.5 Å². The van der Waals surface area contributed by atoms with E-state index in [4.69, 9.17) is 11.6 Å². The molecule has 16 heavy (non-hydrogen) atoms. The third-order valence-corrected chi connectivity index (χ3v) is 4.47. The van der Waals surface area contributed by atoms with Crippen LogP contribution in [0.25, 0.3) is 0 Å². The first-order chi connectivity index (χ1) is 7.65. The highest BCUT2D eigenvalue weighted by molar-refractivity contribution is 7.12. The SMILES string of the molecule is CC1CCN(C(=O)c2sccc2Cl)C1CO. The molecule has 1 saturated heterocycles. The lowest BCUT2D eigenvalue weighted by Gasteiger charge is -2.24. The highest BCUT2D eigenvalue weighted by Crippen LogP contribution is 2.29. The van der Waals surface area contributed by atoms with Gasteiger partial charge in [0.15, 0.2) is 0 Å². The first kappa shape index (κ1) is 11.9. The Hall–Kier alpha value is -0.580. The molecule has 2 atom stereocenters. The molecule has 2 heterocycles. The molecule has 1 fully saturated rings. The maximum absolute atomic E-state index is 12.2. The van der Waals surface area contributed by atoms with Gasteiger partial charge >= 0.3 is 0 Å². The highest BCUT2D eigenvalue weighted by Gasteiger charge is 2.35. The molecule has 2 unspecified atom stereocenters. The molecule has 1 aliphatic heterocycles. The maximum atomic E-state index is 12.2. The second kappa shape index (κ2) is 4.73. The third kappa shape index (κ3) is 1.97. The summed E-state index contributed by atoms with van der Waals surface area (Å²) in [6.07, 6.45) is 0.944. The van der Waals surface area contributed by atoms with Crippen molar-refractivity contribution in [1.29, 1.82) is 0 Å². The fourth-order valence-corrected chi connectivity index (χ4v) is 3.21. The molecule has 1 amide bonds. The number of thiophene rings is 1. The van der Waals surface area contributed by atoms with E-state index in [0.29, 0.717) is 22.4 Å². The van der Waals surface area contributed by atoms with Gasteiger partial charge in [-0.2, -0.15) is 0 Å². The van der Waals surface area contributed by atoms with E-state index in [2.05, 4.69) is 6.92 Å². The first-order valence-electron chi connectivity index (χ1n) is 5.30. The summed E-state index contributed by atoms with van der Waals surface area (Å²) in [7, 11) is 0. The second-order valence-electron chi connectivity index (χ2n) is 4.11. The summed E-state index contributed by atoms with van der Waals surface area (Å²) in [6, 6.07) is 1.66. The first-order valence-corrected chi connectivity index (χ1v) is 6.55. The Labute approximate surface area is 104 Å². The minimum Gasteiger partial charge on any atom is -0.394 e. The van der Waals surface area contributed by atoms with Gasteiger partial charge in [0.2, 0.25) is 0 Å². The third-order valence-electron chi connectivity index (χ3n) is 3.14. The Morgan fingerprint density at radius 3 is 3.06 bits per heavy atom. The molecule has 1 aromatic rings. The number of amides is 1. The van der Waals surface area contributed by atoms with Gasteiger partial charge in [-0.05, 0) is 23.8 Å². The molecular formula is C11H14ClNO2S. The lowest BCUT2D eigenvalue weighted by atomic mass is 10.0. The van der Waals surface area contributed by atoms with E-state index in [1.807, 2.05) is 5.38 Å². The van der Waals surface area contributed by atoms with Gasteiger partial charge in [0.25, 0.3) is 5.91 Å². The van der Waals surface area contributed by atoms with Crippen molar-refractivity contribution in [2.45, 2.75) is 19.4 Å². The molecule has 1 N–H and O–H groups in total. The van der Waals surface area contributed by atoms with E-state index in [-0.39, 0.29) is 18.6 Å². The van der Waals surface area contributed by atoms with E-state index >= 15 is 0 Å². The number of aliphatic hydroxyl groups is 1. The molecule has 1 aliphatic rings. The van der Waals surface area contributed by atoms with Crippen LogP contribution in [0.15, 0.2) is 11.4 Å². The van der Waals surface area contributed by atoms with Crippen LogP contribution in [-0.4, -0.2) is 35.1 Å². The number of aliphatic hydroxyl groups excluding tert-OH is 1. The zero-order valence-corrected chi connectivity index (χ0v) is 10.6. The maximum Gasteiger partial charge on any atom is 0.265 e. The van der Waals surface area contributed by atoms with Gasteiger partial charge < -0.3 is 10.0 Å². The van der Waals surface area contributed by atoms with E-state index in [0.717, 1.165) is 6.42 Å². The number of rotatable bonds is 2. The molecule has 0 radical (unpaired) electrons. The summed E-state index contributed by atoms with van der Waals surface area (Å²) in [5, 5.41) is 11.6. The van der Waals surface area contributed by atoms with Crippen LogP contribution in [0.1, 0.15) is 23.0 Å². The fourth-order valence-electron chi connectivity index (χ4n) is 2.12. The van der Waals surface area contributed by atoms with Crippen LogP contribution in [0.3, 0.4) is 0 Å². The molecule has 0 bridgehead atoms. The lowest BCUT2D eigenvalue weighted by Crippen LogP contribution is -2.39. The Morgan fingerprint density at radius 2 is 2.50 bits per heavy atom. The van der Waals surface area contributed by atoms with E-state index in [1.165, 1.54) is 11.3 Å². The van der Waals surface area contributed by atoms with Gasteiger partial charge in [0.05, 0.1) is 17.7 Å². The summed E-state index contributed by atoms with van der Waals surface area (Å²) in [4.78, 5) is 14.5. The highest BCUT2D eigenvalue weighted by atomic mass is 35.5. The van der Waals surface area contributed by atoms with E-state index in [1.54, 1.807) is 11.0 Å². The summed E-state index contributed by atoms with van der Waals surface area (Å²) < 4.78 is 0. The van der Waals surface area contributed by atoms with Crippen LogP contribution in [-0.2, 0) is 0 Å². The van der Waals surface area contributed by atoms with Crippen LogP contribution in [0.2, 0.25) is 5.02 Å². The van der Waals surface area contributed by atoms with Crippen molar-refractivity contribution in [3.8, 4) is 0 Å². The number of hydrogen-bond acceptors (Lipinski definition) is 3. The number of carbonyl (C=O) groups is 1. The predicted molar refractivity (Wildman–Crippen MR) is 65.0 cm³/mol. The number of hydrogen-bond donors (Lipinski definition) is 1. The molecular weight excluding hydrogens is 246 g/mol. The largest absolute Gasteiger partial charge is 0.394 e. The van der Waals surface area contributed by atoms with E-state index < -0.39 is 0 Å². The molecule has 0 spiro atoms. The molecule has 88 valence electrons. The van der Waals surface area contributed by atoms with Crippen molar-refractivity contribution in [2.75, 3.05) is 13.2 Å². The molecule has 0 saturated carbocycles. The predicted octanol–water partition coefficient (Wildman–Crippen LogP) is 2.24. The van der Waals surface area contributed by atoms with Crippen LogP contribution in [0.5, 0.6) is 0 Å². The van der Waals surface area contributed by atoms with Gasteiger partial charge in [-0.15, -0.1) is 11.3 Å². The summed E-state index contributed by atoms with van der Waals surface area (Å²) in [5.41, 5.74) is 0. The van der Waals surface area contributed by atoms with Crippen molar-refractivity contribution in [1.82, 2.24) is 4.90 Å². The Morgan fingerprint density at radius 1 is 1.75 bits per heavy atom. The number of likely N-dealkylation sites (tertiary alicyclic amines) is 1. The second-order valence-corrected chi connectivity index (χ2v) is 5.44. The Kier molecular flexibility index (Phi) is 3.52. The molecule has 2 rings (SSSR count). The lowest BCUT2D eigenvalue weighted by molar-refractivity contribution is 0.0653. The summed E-state index contributed by atoms with van der Waals surface area (Å²) in [5.74, 6) is 0.302. The average Bonchev–Trinajstić information content (AvgIpc) is 2.83. The van der Waals surface area contributed by atoms with Crippen molar-refractivity contribution in [3.63, 3.8) is 0 Å². The van der Waals surface area contributed by atoms with Gasteiger partial charge in [0, 0.05) is 6.54 Å².